The van der Waals surface area contributed by atoms with Crippen LogP contribution in [0, 0.1) is 11.8 Å². The highest BCUT2D eigenvalue weighted by molar-refractivity contribution is 6.38. The Hall–Kier alpha value is -5.72. The fourth-order valence-electron chi connectivity index (χ4n) is 9.16. The first kappa shape index (κ1) is 24.6. The van der Waals surface area contributed by atoms with E-state index in [4.69, 9.17) is 0 Å². The molecule has 0 bridgehead atoms. The molecule has 0 spiro atoms. The maximum Gasteiger partial charge on any atom is 0.0205 e. The monoisotopic (exact) mass is 580 g/mol. The van der Waals surface area contributed by atoms with E-state index < -0.39 is 0 Å². The number of fused-ring (bicyclic) bond motifs is 8. The molecule has 0 heterocycles. The lowest BCUT2D eigenvalue weighted by Crippen LogP contribution is -2.30. The molecule has 46 heavy (non-hydrogen) atoms. The van der Waals surface area contributed by atoms with Crippen molar-refractivity contribution in [3.63, 3.8) is 0 Å². The third-order valence-electron chi connectivity index (χ3n) is 11.0. The summed E-state index contributed by atoms with van der Waals surface area (Å²) in [6.07, 6.45) is 21.1. The fourth-order valence-corrected chi connectivity index (χ4v) is 9.16. The van der Waals surface area contributed by atoms with E-state index in [-0.39, 0.29) is 0 Å². The summed E-state index contributed by atoms with van der Waals surface area (Å²) in [5.74, 6) is 0.705. The van der Waals surface area contributed by atoms with E-state index in [0.29, 0.717) is 11.8 Å². The van der Waals surface area contributed by atoms with Crippen molar-refractivity contribution in [2.45, 2.75) is 0 Å². The van der Waals surface area contributed by atoms with E-state index in [9.17, 15) is 0 Å². The first-order valence-corrected chi connectivity index (χ1v) is 16.4. The number of allylic oxidation sites excluding steroid dienone is 17. The standard InChI is InChI=1S/C46H28/c1-3-16-32-27(10-1)12-8-20-34(32)43-35-18-5-6-19-36(35)44-45(43)38-25-24-28-11-2-4-17-33(28)42(38)46(44)39-26-31-15-7-13-29-22-23-30-14-9-21-37(39)41(30)40(29)31/h1-26,40-41H. The lowest BCUT2D eigenvalue weighted by molar-refractivity contribution is 0.559. The van der Waals surface area contributed by atoms with Gasteiger partial charge >= 0.3 is 0 Å². The highest BCUT2D eigenvalue weighted by Gasteiger charge is 2.44. The predicted octanol–water partition coefficient (Wildman–Crippen LogP) is 11.2. The van der Waals surface area contributed by atoms with Gasteiger partial charge in [0.05, 0.1) is 0 Å². The summed E-state index contributed by atoms with van der Waals surface area (Å²) in [4.78, 5) is 0. The number of hydrogen-bond donors (Lipinski definition) is 0. The van der Waals surface area contributed by atoms with Gasteiger partial charge in [-0.1, -0.05) is 158 Å². The van der Waals surface area contributed by atoms with Gasteiger partial charge in [-0.2, -0.15) is 0 Å². The van der Waals surface area contributed by atoms with Gasteiger partial charge in [0, 0.05) is 11.8 Å². The smallest absolute Gasteiger partial charge is 0.0205 e. The SMILES string of the molecule is C1=CC2=CC=C3C=CC=C4C(C5=C6C(=C(c7cccc8ccccc78)c7ccccc76)c6ccc7ccccc7c65)=CC(=C1)C2C34. The van der Waals surface area contributed by atoms with E-state index >= 15 is 0 Å². The van der Waals surface area contributed by atoms with Gasteiger partial charge in [0.15, 0.2) is 0 Å². The first-order chi connectivity index (χ1) is 22.8. The van der Waals surface area contributed by atoms with Crippen molar-refractivity contribution in [2.24, 2.45) is 11.8 Å². The van der Waals surface area contributed by atoms with Crippen molar-refractivity contribution in [2.75, 3.05) is 0 Å². The minimum absolute atomic E-state index is 0.329. The summed E-state index contributed by atoms with van der Waals surface area (Å²) < 4.78 is 0. The highest BCUT2D eigenvalue weighted by Crippen LogP contribution is 2.63. The molecule has 5 aromatic rings. The Bertz CT molecular complexity index is 2550. The van der Waals surface area contributed by atoms with Gasteiger partial charge < -0.3 is 0 Å². The van der Waals surface area contributed by atoms with Gasteiger partial charge in [0.1, 0.15) is 0 Å². The highest BCUT2D eigenvalue weighted by atomic mass is 14.5. The molecule has 6 aliphatic carbocycles. The Morgan fingerprint density at radius 1 is 0.391 bits per heavy atom. The molecule has 0 fully saturated rings. The van der Waals surface area contributed by atoms with Crippen LogP contribution < -0.4 is 0 Å². The molecule has 11 rings (SSSR count). The van der Waals surface area contributed by atoms with E-state index in [2.05, 4.69) is 158 Å². The Balaban J connectivity index is 1.31. The van der Waals surface area contributed by atoms with Gasteiger partial charge in [-0.25, -0.2) is 0 Å². The van der Waals surface area contributed by atoms with E-state index in [1.165, 1.54) is 99.5 Å². The molecule has 0 aromatic heterocycles. The van der Waals surface area contributed by atoms with Gasteiger partial charge in [-0.15, -0.1) is 0 Å². The zero-order valence-electron chi connectivity index (χ0n) is 25.2. The van der Waals surface area contributed by atoms with Crippen molar-refractivity contribution in [3.05, 3.63) is 213 Å². The number of hydrogen-bond acceptors (Lipinski definition) is 0. The van der Waals surface area contributed by atoms with Crippen LogP contribution in [-0.4, -0.2) is 0 Å². The number of rotatable bonds is 2. The van der Waals surface area contributed by atoms with Crippen LogP contribution in [0.4, 0.5) is 0 Å². The van der Waals surface area contributed by atoms with Gasteiger partial charge in [0.2, 0.25) is 0 Å². The van der Waals surface area contributed by atoms with Gasteiger partial charge in [-0.3, -0.25) is 0 Å². The van der Waals surface area contributed by atoms with Crippen LogP contribution >= 0.6 is 0 Å². The molecule has 0 heteroatoms. The average molecular weight is 581 g/mol. The van der Waals surface area contributed by atoms with Crippen LogP contribution in [0.2, 0.25) is 0 Å². The maximum atomic E-state index is 2.53. The molecular weight excluding hydrogens is 553 g/mol. The molecule has 5 aromatic carbocycles. The van der Waals surface area contributed by atoms with E-state index in [1.54, 1.807) is 0 Å². The minimum atomic E-state index is 0.329. The lowest BCUT2D eigenvalue weighted by Gasteiger charge is -2.42. The predicted molar refractivity (Wildman–Crippen MR) is 193 cm³/mol. The van der Waals surface area contributed by atoms with Crippen LogP contribution in [0.5, 0.6) is 0 Å². The van der Waals surface area contributed by atoms with Crippen molar-refractivity contribution < 1.29 is 0 Å². The van der Waals surface area contributed by atoms with Crippen molar-refractivity contribution >= 4 is 43.8 Å². The van der Waals surface area contributed by atoms with E-state index in [1.807, 2.05) is 0 Å². The Kier molecular flexibility index (Phi) is 4.77. The second-order valence-corrected chi connectivity index (χ2v) is 13.1. The summed E-state index contributed by atoms with van der Waals surface area (Å²) in [6.45, 7) is 0. The average Bonchev–Trinajstić information content (AvgIpc) is 3.63. The largest absolute Gasteiger partial charge is 0.0617 e. The normalized spacial score (nSPS) is 21.3. The van der Waals surface area contributed by atoms with Gasteiger partial charge in [-0.05, 0) is 99.5 Å². The molecule has 212 valence electrons. The minimum Gasteiger partial charge on any atom is -0.0617 e. The van der Waals surface area contributed by atoms with Crippen LogP contribution in [-0.2, 0) is 0 Å². The second kappa shape index (κ2) is 8.93. The summed E-state index contributed by atoms with van der Waals surface area (Å²) in [6, 6.07) is 38.4. The summed E-state index contributed by atoms with van der Waals surface area (Å²) >= 11 is 0. The van der Waals surface area contributed by atoms with E-state index in [0.717, 1.165) is 0 Å². The summed E-state index contributed by atoms with van der Waals surface area (Å²) in [5.41, 5.74) is 19.2. The topological polar surface area (TPSA) is 0 Å². The zero-order valence-corrected chi connectivity index (χ0v) is 25.2. The molecule has 0 saturated carbocycles. The molecule has 0 radical (unpaired) electrons. The number of benzene rings is 5. The Morgan fingerprint density at radius 2 is 1.02 bits per heavy atom. The first-order valence-electron chi connectivity index (χ1n) is 16.4. The molecule has 2 unspecified atom stereocenters. The zero-order chi connectivity index (χ0) is 29.9. The molecule has 0 aliphatic heterocycles. The summed E-state index contributed by atoms with van der Waals surface area (Å²) in [5, 5.41) is 5.19. The summed E-state index contributed by atoms with van der Waals surface area (Å²) in [7, 11) is 0. The quantitative estimate of drug-likeness (QED) is 0.195. The van der Waals surface area contributed by atoms with Crippen LogP contribution in [0.15, 0.2) is 186 Å². The molecule has 0 saturated heterocycles. The molecule has 0 nitrogen and oxygen atoms in total. The van der Waals surface area contributed by atoms with Crippen molar-refractivity contribution in [1.82, 2.24) is 0 Å². The molecule has 0 amide bonds. The molecule has 2 atom stereocenters. The van der Waals surface area contributed by atoms with Crippen molar-refractivity contribution in [3.8, 4) is 0 Å². The lowest BCUT2D eigenvalue weighted by atomic mass is 9.61. The fraction of sp³-hybridized carbons (Fsp3) is 0.0435. The van der Waals surface area contributed by atoms with Crippen LogP contribution in [0.1, 0.15) is 27.8 Å². The van der Waals surface area contributed by atoms with Crippen LogP contribution in [0.25, 0.3) is 43.8 Å². The Morgan fingerprint density at radius 3 is 1.87 bits per heavy atom. The molecular formula is C46H28. The van der Waals surface area contributed by atoms with Crippen LogP contribution in [0.3, 0.4) is 0 Å². The third-order valence-corrected chi connectivity index (χ3v) is 11.0. The molecule has 6 aliphatic rings. The third kappa shape index (κ3) is 3.09. The maximum absolute atomic E-state index is 2.53. The molecule has 0 N–H and O–H groups in total. The Labute approximate surface area is 268 Å². The van der Waals surface area contributed by atoms with Gasteiger partial charge in [0.25, 0.3) is 0 Å². The van der Waals surface area contributed by atoms with Crippen molar-refractivity contribution in [1.29, 1.82) is 0 Å². The second-order valence-electron chi connectivity index (χ2n) is 13.1.